The molecule has 0 radical (unpaired) electrons. The highest BCUT2D eigenvalue weighted by molar-refractivity contribution is 14.2. The number of nitrogen functional groups attached to an aromatic ring is 1. The molecule has 1 amide bonds. The summed E-state index contributed by atoms with van der Waals surface area (Å²) in [6.07, 6.45) is 15.7. The highest BCUT2D eigenvalue weighted by atomic mass is 127. The van der Waals surface area contributed by atoms with Crippen LogP contribution in [0.1, 0.15) is 54.2 Å². The van der Waals surface area contributed by atoms with E-state index in [2.05, 4.69) is 74.6 Å². The first-order chi connectivity index (χ1) is 20.4. The number of aromatic nitrogens is 4. The number of carbonyl (C=O) groups excluding carboxylic acids is 1. The molecule has 0 aliphatic heterocycles. The number of fused-ring (bicyclic) bond motifs is 2. The van der Waals surface area contributed by atoms with Gasteiger partial charge in [0.2, 0.25) is 0 Å². The highest BCUT2D eigenvalue weighted by Crippen LogP contribution is 2.27. The second-order valence-electron chi connectivity index (χ2n) is 9.85. The molecule has 3 heterocycles. The van der Waals surface area contributed by atoms with Gasteiger partial charge in [-0.3, -0.25) is 14.2 Å². The van der Waals surface area contributed by atoms with E-state index >= 15 is 0 Å². The number of amides is 1. The van der Waals surface area contributed by atoms with Crippen LogP contribution in [-0.4, -0.2) is 31.3 Å². The molecule has 218 valence electrons. The SMILES string of the molecule is CCc1cc2cccc(/C=C/C3CCCC3)c2c(=O)n1-c1ccccc1.CSI.NC(=O)c1c(N)nn2cccnc12. The summed E-state index contributed by atoms with van der Waals surface area (Å²) in [5, 5.41) is 5.72. The van der Waals surface area contributed by atoms with Gasteiger partial charge in [-0.2, -0.15) is 0 Å². The molecule has 42 heavy (non-hydrogen) atoms. The van der Waals surface area contributed by atoms with Crippen molar-refractivity contribution in [2.75, 3.05) is 12.0 Å². The van der Waals surface area contributed by atoms with Crippen LogP contribution in [0.2, 0.25) is 0 Å². The first kappa shape index (κ1) is 31.3. The minimum absolute atomic E-state index is 0.0808. The quantitative estimate of drug-likeness (QED) is 0.194. The Morgan fingerprint density at radius 3 is 2.50 bits per heavy atom. The van der Waals surface area contributed by atoms with E-state index in [1.807, 2.05) is 41.2 Å². The van der Waals surface area contributed by atoms with Gasteiger partial charge in [0.25, 0.3) is 11.5 Å². The number of allylic oxidation sites excluding steroid dienone is 1. The summed E-state index contributed by atoms with van der Waals surface area (Å²) in [6, 6.07) is 20.0. The molecule has 5 aromatic rings. The Morgan fingerprint density at radius 2 is 1.83 bits per heavy atom. The van der Waals surface area contributed by atoms with Crippen LogP contribution in [-0.2, 0) is 6.42 Å². The van der Waals surface area contributed by atoms with E-state index in [0.717, 1.165) is 34.1 Å². The van der Waals surface area contributed by atoms with Crippen LogP contribution in [0.3, 0.4) is 0 Å². The number of aryl methyl sites for hydroxylation is 1. The third kappa shape index (κ3) is 7.22. The second kappa shape index (κ2) is 15.0. The molecule has 2 aromatic carbocycles. The fourth-order valence-electron chi connectivity index (χ4n) is 5.23. The summed E-state index contributed by atoms with van der Waals surface area (Å²) < 4.78 is 3.28. The number of halogens is 1. The third-order valence-electron chi connectivity index (χ3n) is 7.15. The number of para-hydroxylation sites is 1. The molecule has 10 heteroatoms. The maximum atomic E-state index is 13.5. The number of primary amides is 1. The number of anilines is 1. The summed E-state index contributed by atoms with van der Waals surface area (Å²) in [7, 11) is 1.72. The van der Waals surface area contributed by atoms with Gasteiger partial charge in [-0.05, 0) is 87.9 Å². The highest BCUT2D eigenvalue weighted by Gasteiger charge is 2.16. The van der Waals surface area contributed by atoms with Crippen LogP contribution in [0.5, 0.6) is 0 Å². The zero-order valence-corrected chi connectivity index (χ0v) is 26.7. The number of hydrogen-bond donors (Lipinski definition) is 2. The van der Waals surface area contributed by atoms with Crippen molar-refractivity contribution in [3.63, 3.8) is 0 Å². The van der Waals surface area contributed by atoms with Crippen LogP contribution in [0, 0.1) is 5.92 Å². The number of pyridine rings is 1. The summed E-state index contributed by atoms with van der Waals surface area (Å²) in [6.45, 7) is 2.10. The van der Waals surface area contributed by atoms with Crippen LogP contribution >= 0.6 is 30.1 Å². The van der Waals surface area contributed by atoms with Crippen molar-refractivity contribution in [3.05, 3.63) is 106 Å². The topological polar surface area (TPSA) is 121 Å². The number of carbonyl (C=O) groups is 1. The lowest BCUT2D eigenvalue weighted by molar-refractivity contribution is 0.100. The Bertz CT molecular complexity index is 1740. The van der Waals surface area contributed by atoms with Crippen molar-refractivity contribution >= 4 is 64.4 Å². The van der Waals surface area contributed by atoms with Crippen molar-refractivity contribution in [2.45, 2.75) is 39.0 Å². The minimum atomic E-state index is -0.619. The van der Waals surface area contributed by atoms with Gasteiger partial charge in [0.15, 0.2) is 11.5 Å². The first-order valence-corrected chi connectivity index (χ1v) is 17.6. The predicted molar refractivity (Wildman–Crippen MR) is 183 cm³/mol. The largest absolute Gasteiger partial charge is 0.381 e. The number of rotatable bonds is 5. The van der Waals surface area contributed by atoms with Gasteiger partial charge in [-0.1, -0.05) is 77.2 Å². The summed E-state index contributed by atoms with van der Waals surface area (Å²) in [5.41, 5.74) is 14.2. The van der Waals surface area contributed by atoms with Crippen molar-refractivity contribution in [1.82, 2.24) is 19.2 Å². The maximum Gasteiger partial charge on any atom is 0.263 e. The van der Waals surface area contributed by atoms with Crippen molar-refractivity contribution in [2.24, 2.45) is 11.7 Å². The molecule has 3 aromatic heterocycles. The Labute approximate surface area is 261 Å². The number of benzene rings is 2. The van der Waals surface area contributed by atoms with E-state index in [-0.39, 0.29) is 16.9 Å². The molecule has 1 aliphatic rings. The molecule has 0 unspecified atom stereocenters. The Balaban J connectivity index is 0.000000211. The van der Waals surface area contributed by atoms with E-state index in [0.29, 0.717) is 11.6 Å². The van der Waals surface area contributed by atoms with Gasteiger partial charge in [-0.25, -0.2) is 9.50 Å². The molecule has 0 spiro atoms. The van der Waals surface area contributed by atoms with Crippen molar-refractivity contribution < 1.29 is 4.79 Å². The van der Waals surface area contributed by atoms with Crippen LogP contribution in [0.4, 0.5) is 5.82 Å². The lowest BCUT2D eigenvalue weighted by Gasteiger charge is -2.14. The van der Waals surface area contributed by atoms with Crippen molar-refractivity contribution in [3.8, 4) is 5.69 Å². The molecular formula is C32H35IN6O2S. The van der Waals surface area contributed by atoms with E-state index in [1.165, 1.54) is 30.2 Å². The second-order valence-corrected chi connectivity index (χ2v) is 12.8. The number of nitrogens with zero attached hydrogens (tertiary/aromatic N) is 4. The van der Waals surface area contributed by atoms with Crippen LogP contribution < -0.4 is 17.0 Å². The first-order valence-electron chi connectivity index (χ1n) is 13.8. The fraction of sp³-hybridized carbons (Fsp3) is 0.250. The molecule has 4 N–H and O–H groups in total. The van der Waals surface area contributed by atoms with Gasteiger partial charge < -0.3 is 11.5 Å². The molecule has 0 saturated heterocycles. The van der Waals surface area contributed by atoms with E-state index in [9.17, 15) is 9.59 Å². The Morgan fingerprint density at radius 1 is 1.12 bits per heavy atom. The Hall–Kier alpha value is -3.64. The summed E-state index contributed by atoms with van der Waals surface area (Å²) >= 11 is 2.20. The van der Waals surface area contributed by atoms with Gasteiger partial charge in [0, 0.05) is 23.8 Å². The Kier molecular flexibility index (Phi) is 11.2. The number of hydrogen-bond acceptors (Lipinski definition) is 6. The van der Waals surface area contributed by atoms with Crippen molar-refractivity contribution in [1.29, 1.82) is 0 Å². The molecule has 0 bridgehead atoms. The zero-order valence-electron chi connectivity index (χ0n) is 23.7. The molecule has 6 rings (SSSR count). The summed E-state index contributed by atoms with van der Waals surface area (Å²) in [4.78, 5) is 28.3. The van der Waals surface area contributed by atoms with Crippen LogP contribution in [0.25, 0.3) is 28.2 Å². The molecular weight excluding hydrogens is 659 g/mol. The van der Waals surface area contributed by atoms with E-state index in [1.54, 1.807) is 27.4 Å². The molecule has 8 nitrogen and oxygen atoms in total. The smallest absolute Gasteiger partial charge is 0.263 e. The lowest BCUT2D eigenvalue weighted by Crippen LogP contribution is -2.22. The predicted octanol–water partition coefficient (Wildman–Crippen LogP) is 6.87. The number of nitrogens with two attached hydrogens (primary N) is 2. The van der Waals surface area contributed by atoms with E-state index < -0.39 is 5.91 Å². The minimum Gasteiger partial charge on any atom is -0.381 e. The fourth-order valence-corrected chi connectivity index (χ4v) is 5.23. The normalized spacial score (nSPS) is 13.1. The standard InChI is InChI=1S/C24H25NO.C7H7N5O.CH3IS/c1-2-21-17-20-12-8-11-19(16-15-18-9-6-7-10-18)23(20)24(26)25(21)22-13-4-3-5-14-22;8-5-4(6(9)13)7-10-2-1-3-12(7)11-5;1-3-2/h3-5,8,11-18H,2,6-7,9-10H2,1H3;1-3H,(H2,8,11)(H2,9,13);1H3/b16-15+;;. The van der Waals surface area contributed by atoms with E-state index in [4.69, 9.17) is 11.5 Å². The van der Waals surface area contributed by atoms with Gasteiger partial charge in [-0.15, -0.1) is 5.10 Å². The van der Waals surface area contributed by atoms with Gasteiger partial charge in [0.05, 0.1) is 5.39 Å². The third-order valence-corrected chi connectivity index (χ3v) is 7.15. The molecule has 1 aliphatic carbocycles. The van der Waals surface area contributed by atoms with Gasteiger partial charge >= 0.3 is 0 Å². The lowest BCUT2D eigenvalue weighted by atomic mass is 10.0. The average Bonchev–Trinajstić information content (AvgIpc) is 3.64. The van der Waals surface area contributed by atoms with Gasteiger partial charge in [0.1, 0.15) is 5.56 Å². The monoisotopic (exact) mass is 694 g/mol. The zero-order chi connectivity index (χ0) is 30.1. The molecule has 1 fully saturated rings. The molecule has 0 atom stereocenters. The maximum absolute atomic E-state index is 13.5. The molecule has 1 saturated carbocycles. The average molecular weight is 695 g/mol. The van der Waals surface area contributed by atoms with Crippen LogP contribution in [0.15, 0.2) is 83.9 Å². The summed E-state index contributed by atoms with van der Waals surface area (Å²) in [5.74, 6) is 0.147.